The lowest BCUT2D eigenvalue weighted by atomic mass is 9.92. The number of nitrogens with zero attached hydrogens (tertiary/aromatic N) is 1. The summed E-state index contributed by atoms with van der Waals surface area (Å²) in [4.78, 5) is 51.0. The third kappa shape index (κ3) is 3.43. The zero-order chi connectivity index (χ0) is 21.6. The van der Waals surface area contributed by atoms with Crippen LogP contribution in [0.2, 0.25) is 0 Å². The summed E-state index contributed by atoms with van der Waals surface area (Å²) in [6, 6.07) is 13.7. The van der Waals surface area contributed by atoms with Gasteiger partial charge >= 0.3 is 6.03 Å². The van der Waals surface area contributed by atoms with Gasteiger partial charge < -0.3 is 16.0 Å². The molecule has 1 saturated heterocycles. The van der Waals surface area contributed by atoms with E-state index in [0.29, 0.717) is 24.2 Å². The number of carbonyl (C=O) groups is 4. The molecule has 1 spiro atoms. The maximum absolute atomic E-state index is 13.1. The van der Waals surface area contributed by atoms with Gasteiger partial charge in [-0.15, -0.1) is 0 Å². The topological polar surface area (TPSA) is 108 Å². The molecule has 31 heavy (non-hydrogen) atoms. The number of amides is 5. The van der Waals surface area contributed by atoms with E-state index < -0.39 is 23.4 Å². The van der Waals surface area contributed by atoms with Gasteiger partial charge in [-0.25, -0.2) is 4.79 Å². The minimum atomic E-state index is -1.07. The van der Waals surface area contributed by atoms with Crippen molar-refractivity contribution in [1.82, 2.24) is 10.2 Å². The average Bonchev–Trinajstić information content (AvgIpc) is 3.52. The minimum absolute atomic E-state index is 0.0118. The summed E-state index contributed by atoms with van der Waals surface area (Å²) in [5, 5.41) is 8.34. The van der Waals surface area contributed by atoms with Crippen LogP contribution in [0.5, 0.6) is 0 Å². The highest BCUT2D eigenvalue weighted by Crippen LogP contribution is 2.41. The molecule has 8 nitrogen and oxygen atoms in total. The molecule has 1 aliphatic heterocycles. The highest BCUT2D eigenvalue weighted by molar-refractivity contribution is 6.11. The zero-order valence-corrected chi connectivity index (χ0v) is 16.8. The van der Waals surface area contributed by atoms with Crippen molar-refractivity contribution in [2.24, 2.45) is 5.92 Å². The van der Waals surface area contributed by atoms with Crippen molar-refractivity contribution in [2.45, 2.75) is 31.2 Å². The van der Waals surface area contributed by atoms with Gasteiger partial charge in [0.25, 0.3) is 5.91 Å². The van der Waals surface area contributed by atoms with Gasteiger partial charge in [-0.3, -0.25) is 19.3 Å². The average molecular weight is 418 g/mol. The normalized spacial score (nSPS) is 21.7. The van der Waals surface area contributed by atoms with Gasteiger partial charge in [-0.1, -0.05) is 24.3 Å². The third-order valence-electron chi connectivity index (χ3n) is 6.11. The number of anilines is 2. The Balaban J connectivity index is 1.23. The monoisotopic (exact) mass is 418 g/mol. The lowest BCUT2D eigenvalue weighted by Crippen LogP contribution is -2.42. The quantitative estimate of drug-likeness (QED) is 0.648. The molecule has 2 aromatic carbocycles. The van der Waals surface area contributed by atoms with Gasteiger partial charge in [0.1, 0.15) is 12.1 Å². The molecule has 0 aromatic heterocycles. The van der Waals surface area contributed by atoms with E-state index in [0.717, 1.165) is 28.9 Å². The van der Waals surface area contributed by atoms with Crippen molar-refractivity contribution < 1.29 is 19.2 Å². The highest BCUT2D eigenvalue weighted by atomic mass is 16.2. The Morgan fingerprint density at radius 2 is 1.68 bits per heavy atom. The summed E-state index contributed by atoms with van der Waals surface area (Å²) in [7, 11) is 0. The Bertz CT molecular complexity index is 1090. The Hall–Kier alpha value is -3.68. The molecule has 3 N–H and O–H groups in total. The van der Waals surface area contributed by atoms with Crippen molar-refractivity contribution in [2.75, 3.05) is 17.2 Å². The number of fused-ring (bicyclic) bond motifs is 2. The second-order valence-electron chi connectivity index (χ2n) is 8.27. The number of aryl methyl sites for hydroxylation is 1. The van der Waals surface area contributed by atoms with Gasteiger partial charge in [-0.05, 0) is 61.1 Å². The van der Waals surface area contributed by atoms with Crippen molar-refractivity contribution in [3.8, 4) is 0 Å². The van der Waals surface area contributed by atoms with Gasteiger partial charge in [-0.2, -0.15) is 0 Å². The number of nitrogens with one attached hydrogen (secondary N) is 3. The predicted molar refractivity (Wildman–Crippen MR) is 113 cm³/mol. The summed E-state index contributed by atoms with van der Waals surface area (Å²) in [6.45, 7) is -0.366. The summed E-state index contributed by atoms with van der Waals surface area (Å²) >= 11 is 0. The van der Waals surface area contributed by atoms with Gasteiger partial charge in [0.15, 0.2) is 0 Å². The van der Waals surface area contributed by atoms with Crippen LogP contribution in [0, 0.1) is 5.92 Å². The third-order valence-corrected chi connectivity index (χ3v) is 6.11. The molecule has 0 radical (unpaired) electrons. The molecule has 1 unspecified atom stereocenters. The molecule has 5 amide bonds. The first-order valence-electron chi connectivity index (χ1n) is 10.4. The fourth-order valence-electron chi connectivity index (χ4n) is 4.30. The maximum Gasteiger partial charge on any atom is 0.325 e. The van der Waals surface area contributed by atoms with Crippen molar-refractivity contribution in [3.05, 3.63) is 59.7 Å². The van der Waals surface area contributed by atoms with E-state index in [1.165, 1.54) is 0 Å². The van der Waals surface area contributed by atoms with Gasteiger partial charge in [0.2, 0.25) is 11.8 Å². The molecule has 2 fully saturated rings. The van der Waals surface area contributed by atoms with Crippen LogP contribution in [0.3, 0.4) is 0 Å². The molecule has 5 rings (SSSR count). The summed E-state index contributed by atoms with van der Waals surface area (Å²) in [6.07, 6.45) is 3.04. The number of urea groups is 1. The van der Waals surface area contributed by atoms with Crippen LogP contribution >= 0.6 is 0 Å². The van der Waals surface area contributed by atoms with E-state index in [1.54, 1.807) is 24.3 Å². The number of rotatable bonds is 5. The van der Waals surface area contributed by atoms with Crippen LogP contribution in [0.15, 0.2) is 48.5 Å². The molecule has 1 atom stereocenters. The van der Waals surface area contributed by atoms with E-state index in [-0.39, 0.29) is 18.4 Å². The molecule has 1 heterocycles. The zero-order valence-electron chi connectivity index (χ0n) is 16.8. The van der Waals surface area contributed by atoms with Crippen LogP contribution in [0.25, 0.3) is 0 Å². The summed E-state index contributed by atoms with van der Waals surface area (Å²) < 4.78 is 0. The standard InChI is InChI=1S/C23H22N4O4/c28-19(24-16-7-9-17(10-8-16)25-20(29)15-5-6-15)13-27-21(30)23(26-22(27)31)12-11-14-3-1-2-4-18(14)23/h1-4,7-10,15H,5-6,11-13H2,(H,24,28)(H,25,29)(H,26,31). The molecule has 2 aromatic rings. The van der Waals surface area contributed by atoms with E-state index in [4.69, 9.17) is 0 Å². The molecular formula is C23H22N4O4. The molecule has 3 aliphatic rings. The fourth-order valence-corrected chi connectivity index (χ4v) is 4.30. The molecule has 0 bridgehead atoms. The minimum Gasteiger partial charge on any atom is -0.326 e. The number of benzene rings is 2. The molecular weight excluding hydrogens is 396 g/mol. The molecule has 2 aliphatic carbocycles. The van der Waals surface area contributed by atoms with Crippen LogP contribution in [0.4, 0.5) is 16.2 Å². The lowest BCUT2D eigenvalue weighted by Gasteiger charge is -2.22. The maximum atomic E-state index is 13.1. The number of hydrogen-bond donors (Lipinski definition) is 3. The predicted octanol–water partition coefficient (Wildman–Crippen LogP) is 2.37. The van der Waals surface area contributed by atoms with Crippen molar-refractivity contribution >= 4 is 35.1 Å². The Labute approximate surface area is 179 Å². The van der Waals surface area contributed by atoms with Crippen LogP contribution in [-0.2, 0) is 26.3 Å². The molecule has 8 heteroatoms. The van der Waals surface area contributed by atoms with E-state index in [9.17, 15) is 19.2 Å². The van der Waals surface area contributed by atoms with Crippen LogP contribution in [-0.4, -0.2) is 35.2 Å². The smallest absolute Gasteiger partial charge is 0.325 e. The number of carbonyl (C=O) groups excluding carboxylic acids is 4. The van der Waals surface area contributed by atoms with Crippen LogP contribution in [0.1, 0.15) is 30.4 Å². The highest BCUT2D eigenvalue weighted by Gasteiger charge is 2.55. The SMILES string of the molecule is O=C(CN1C(=O)NC2(CCc3ccccc32)C1=O)Nc1ccc(NC(=O)C2CC2)cc1. The van der Waals surface area contributed by atoms with Crippen LogP contribution < -0.4 is 16.0 Å². The number of imide groups is 1. The second-order valence-corrected chi connectivity index (χ2v) is 8.27. The summed E-state index contributed by atoms with van der Waals surface area (Å²) in [5.74, 6) is -0.742. The Morgan fingerprint density at radius 3 is 2.39 bits per heavy atom. The molecule has 1 saturated carbocycles. The van der Waals surface area contributed by atoms with Crippen molar-refractivity contribution in [1.29, 1.82) is 0 Å². The van der Waals surface area contributed by atoms with E-state index in [2.05, 4.69) is 16.0 Å². The second kappa shape index (κ2) is 7.23. The fraction of sp³-hybridized carbons (Fsp3) is 0.304. The van der Waals surface area contributed by atoms with Crippen molar-refractivity contribution in [3.63, 3.8) is 0 Å². The summed E-state index contributed by atoms with van der Waals surface area (Å²) in [5.41, 5.74) is 1.94. The Kier molecular flexibility index (Phi) is 4.50. The lowest BCUT2D eigenvalue weighted by molar-refractivity contribution is -0.134. The van der Waals surface area contributed by atoms with E-state index >= 15 is 0 Å². The first-order chi connectivity index (χ1) is 15.0. The first-order valence-corrected chi connectivity index (χ1v) is 10.4. The molecule has 158 valence electrons. The Morgan fingerprint density at radius 1 is 1.00 bits per heavy atom. The number of hydrogen-bond acceptors (Lipinski definition) is 4. The largest absolute Gasteiger partial charge is 0.326 e. The first kappa shape index (κ1) is 19.3. The van der Waals surface area contributed by atoms with E-state index in [1.807, 2.05) is 24.3 Å². The van der Waals surface area contributed by atoms with Gasteiger partial charge in [0, 0.05) is 17.3 Å². The van der Waals surface area contributed by atoms with Gasteiger partial charge in [0.05, 0.1) is 0 Å².